The van der Waals surface area contributed by atoms with Crippen molar-refractivity contribution in [1.82, 2.24) is 20.3 Å². The molecule has 0 bridgehead atoms. The van der Waals surface area contributed by atoms with Gasteiger partial charge in [-0.25, -0.2) is 4.68 Å². The molecule has 1 atom stereocenters. The molecule has 0 aliphatic rings. The van der Waals surface area contributed by atoms with Crippen LogP contribution in [-0.4, -0.2) is 42.9 Å². The number of amides is 1. The van der Waals surface area contributed by atoms with Crippen molar-refractivity contribution in [1.29, 1.82) is 0 Å². The zero-order chi connectivity index (χ0) is 18.6. The molecule has 10 heteroatoms. The number of nitrogens with one attached hydrogen (secondary N) is 1. The third-order valence-electron chi connectivity index (χ3n) is 3.56. The van der Waals surface area contributed by atoms with Crippen molar-refractivity contribution < 1.29 is 19.6 Å². The quantitative estimate of drug-likeness (QED) is 0.570. The molecule has 1 unspecified atom stereocenters. The molecule has 1 aromatic carbocycles. The fourth-order valence-electron chi connectivity index (χ4n) is 2.23. The van der Waals surface area contributed by atoms with Crippen LogP contribution in [0.2, 0.25) is 0 Å². The van der Waals surface area contributed by atoms with Crippen LogP contribution in [0.3, 0.4) is 0 Å². The minimum atomic E-state index is -0.936. The molecule has 2 N–H and O–H groups in total. The summed E-state index contributed by atoms with van der Waals surface area (Å²) in [5.74, 6) is -1.42. The molecule has 1 heterocycles. The van der Waals surface area contributed by atoms with Crippen molar-refractivity contribution in [3.63, 3.8) is 0 Å². The van der Waals surface area contributed by atoms with E-state index in [9.17, 15) is 19.7 Å². The Bertz CT molecular complexity index is 816. The Labute approximate surface area is 142 Å². The lowest BCUT2D eigenvalue weighted by molar-refractivity contribution is -0.384. The first-order valence-corrected chi connectivity index (χ1v) is 7.49. The van der Waals surface area contributed by atoms with Gasteiger partial charge in [-0.15, -0.1) is 5.10 Å². The predicted octanol–water partition coefficient (Wildman–Crippen LogP) is 1.47. The zero-order valence-electron chi connectivity index (χ0n) is 13.7. The third-order valence-corrected chi connectivity index (χ3v) is 3.56. The number of carboxylic acid groups (broad SMARTS) is 1. The molecule has 2 aromatic rings. The number of carbonyl (C=O) groups is 2. The monoisotopic (exact) mass is 347 g/mol. The van der Waals surface area contributed by atoms with Crippen molar-refractivity contribution in [2.75, 3.05) is 0 Å². The van der Waals surface area contributed by atoms with Gasteiger partial charge in [0.1, 0.15) is 0 Å². The number of nitro benzene ring substituents is 1. The van der Waals surface area contributed by atoms with Crippen LogP contribution in [0.1, 0.15) is 35.9 Å². The number of benzene rings is 1. The molecule has 0 saturated heterocycles. The first-order chi connectivity index (χ1) is 11.8. The molecular formula is C15H17N5O5. The predicted molar refractivity (Wildman–Crippen MR) is 86.5 cm³/mol. The molecular weight excluding hydrogens is 330 g/mol. The van der Waals surface area contributed by atoms with E-state index in [0.29, 0.717) is 17.8 Å². The van der Waals surface area contributed by atoms with Crippen LogP contribution in [0, 0.1) is 17.0 Å². The van der Waals surface area contributed by atoms with Gasteiger partial charge in [0.2, 0.25) is 0 Å². The van der Waals surface area contributed by atoms with E-state index in [1.165, 1.54) is 22.9 Å². The molecule has 132 valence electrons. The SMILES string of the molecule is Cc1c(C(=O)NC(C)CCC(=O)O)nnn1-c1cccc([N+](=O)[O-])c1. The second kappa shape index (κ2) is 7.51. The minimum absolute atomic E-state index is 0.0548. The summed E-state index contributed by atoms with van der Waals surface area (Å²) in [5, 5.41) is 29.9. The molecule has 0 radical (unpaired) electrons. The Kier molecular flexibility index (Phi) is 5.42. The fourth-order valence-corrected chi connectivity index (χ4v) is 2.23. The lowest BCUT2D eigenvalue weighted by atomic mass is 10.2. The van der Waals surface area contributed by atoms with Gasteiger partial charge in [-0.3, -0.25) is 19.7 Å². The smallest absolute Gasteiger partial charge is 0.303 e. The second-order valence-corrected chi connectivity index (χ2v) is 5.52. The van der Waals surface area contributed by atoms with Gasteiger partial charge in [-0.05, 0) is 26.3 Å². The summed E-state index contributed by atoms with van der Waals surface area (Å²) in [4.78, 5) is 33.2. The highest BCUT2D eigenvalue weighted by molar-refractivity contribution is 5.93. The molecule has 0 aliphatic carbocycles. The van der Waals surface area contributed by atoms with Crippen molar-refractivity contribution in [3.8, 4) is 5.69 Å². The van der Waals surface area contributed by atoms with Crippen LogP contribution in [0.15, 0.2) is 24.3 Å². The van der Waals surface area contributed by atoms with E-state index in [2.05, 4.69) is 15.6 Å². The van der Waals surface area contributed by atoms with Crippen LogP contribution in [0.25, 0.3) is 5.69 Å². The van der Waals surface area contributed by atoms with Crippen LogP contribution in [0.5, 0.6) is 0 Å². The van der Waals surface area contributed by atoms with Gasteiger partial charge in [-0.1, -0.05) is 11.3 Å². The summed E-state index contributed by atoms with van der Waals surface area (Å²) < 4.78 is 1.34. The Morgan fingerprint density at radius 3 is 2.80 bits per heavy atom. The molecule has 10 nitrogen and oxygen atoms in total. The average Bonchev–Trinajstić information content (AvgIpc) is 2.94. The summed E-state index contributed by atoms with van der Waals surface area (Å²) in [6.45, 7) is 3.32. The summed E-state index contributed by atoms with van der Waals surface area (Å²) in [6, 6.07) is 5.48. The molecule has 0 spiro atoms. The molecule has 1 aromatic heterocycles. The molecule has 25 heavy (non-hydrogen) atoms. The van der Waals surface area contributed by atoms with Gasteiger partial charge < -0.3 is 10.4 Å². The number of carbonyl (C=O) groups excluding carboxylic acids is 1. The van der Waals surface area contributed by atoms with Gasteiger partial charge in [-0.2, -0.15) is 0 Å². The van der Waals surface area contributed by atoms with Crippen molar-refractivity contribution >= 4 is 17.6 Å². The maximum Gasteiger partial charge on any atom is 0.303 e. The van der Waals surface area contributed by atoms with E-state index in [1.807, 2.05) is 0 Å². The zero-order valence-corrected chi connectivity index (χ0v) is 13.7. The largest absolute Gasteiger partial charge is 0.481 e. The number of nitro groups is 1. The van der Waals surface area contributed by atoms with E-state index < -0.39 is 16.8 Å². The number of rotatable bonds is 7. The average molecular weight is 347 g/mol. The summed E-state index contributed by atoms with van der Waals surface area (Å²) in [5.41, 5.74) is 0.815. The summed E-state index contributed by atoms with van der Waals surface area (Å²) in [6.07, 6.45) is 0.236. The van der Waals surface area contributed by atoms with Gasteiger partial charge in [0, 0.05) is 24.6 Å². The summed E-state index contributed by atoms with van der Waals surface area (Å²) in [7, 11) is 0. The standard InChI is InChI=1S/C15H17N5O5/c1-9(6-7-13(21)22)16-15(23)14-10(2)19(18-17-14)11-4-3-5-12(8-11)20(24)25/h3-5,8-9H,6-7H2,1-2H3,(H,16,23)(H,21,22). The number of hydrogen-bond donors (Lipinski definition) is 2. The van der Waals surface area contributed by atoms with Crippen molar-refractivity contribution in [2.45, 2.75) is 32.7 Å². The number of aliphatic carboxylic acids is 1. The lowest BCUT2D eigenvalue weighted by Crippen LogP contribution is -2.33. The van der Waals surface area contributed by atoms with Gasteiger partial charge >= 0.3 is 5.97 Å². The topological polar surface area (TPSA) is 140 Å². The van der Waals surface area contributed by atoms with Crippen LogP contribution in [-0.2, 0) is 4.79 Å². The van der Waals surface area contributed by atoms with E-state index >= 15 is 0 Å². The minimum Gasteiger partial charge on any atom is -0.481 e. The van der Waals surface area contributed by atoms with E-state index in [4.69, 9.17) is 5.11 Å². The molecule has 2 rings (SSSR count). The lowest BCUT2D eigenvalue weighted by Gasteiger charge is -2.11. The second-order valence-electron chi connectivity index (χ2n) is 5.52. The Morgan fingerprint density at radius 2 is 2.16 bits per heavy atom. The Balaban J connectivity index is 2.17. The number of non-ortho nitro benzene ring substituents is 1. The normalized spacial score (nSPS) is 11.8. The maximum absolute atomic E-state index is 12.3. The Hall–Kier alpha value is -3.30. The summed E-state index contributed by atoms with van der Waals surface area (Å²) >= 11 is 0. The van der Waals surface area contributed by atoms with Crippen LogP contribution in [0.4, 0.5) is 5.69 Å². The van der Waals surface area contributed by atoms with E-state index in [1.54, 1.807) is 19.9 Å². The molecule has 0 aliphatic heterocycles. The van der Waals surface area contributed by atoms with Crippen LogP contribution >= 0.6 is 0 Å². The first kappa shape index (κ1) is 18.0. The van der Waals surface area contributed by atoms with E-state index in [0.717, 1.165) is 0 Å². The van der Waals surface area contributed by atoms with Crippen molar-refractivity contribution in [3.05, 3.63) is 45.8 Å². The number of hydrogen-bond acceptors (Lipinski definition) is 6. The van der Waals surface area contributed by atoms with Gasteiger partial charge in [0.05, 0.1) is 16.3 Å². The molecule has 0 saturated carbocycles. The third kappa shape index (κ3) is 4.37. The highest BCUT2D eigenvalue weighted by atomic mass is 16.6. The fraction of sp³-hybridized carbons (Fsp3) is 0.333. The van der Waals surface area contributed by atoms with E-state index in [-0.39, 0.29) is 23.8 Å². The Morgan fingerprint density at radius 1 is 1.44 bits per heavy atom. The number of nitrogens with zero attached hydrogens (tertiary/aromatic N) is 4. The number of aromatic nitrogens is 3. The first-order valence-electron chi connectivity index (χ1n) is 7.49. The molecule has 1 amide bonds. The van der Waals surface area contributed by atoms with Gasteiger partial charge in [0.15, 0.2) is 5.69 Å². The maximum atomic E-state index is 12.3. The van der Waals surface area contributed by atoms with Crippen molar-refractivity contribution in [2.24, 2.45) is 0 Å². The highest BCUT2D eigenvalue weighted by Gasteiger charge is 2.20. The van der Waals surface area contributed by atoms with Crippen LogP contribution < -0.4 is 5.32 Å². The number of carboxylic acids is 1. The van der Waals surface area contributed by atoms with Gasteiger partial charge in [0.25, 0.3) is 11.6 Å². The highest BCUT2D eigenvalue weighted by Crippen LogP contribution is 2.18. The molecule has 0 fully saturated rings.